The normalized spacial score (nSPS) is 10.6. The number of nitrogens with zero attached hydrogens (tertiary/aromatic N) is 2. The van der Waals surface area contributed by atoms with E-state index >= 15 is 0 Å². The van der Waals surface area contributed by atoms with E-state index in [2.05, 4.69) is 37.1 Å². The van der Waals surface area contributed by atoms with E-state index in [0.717, 1.165) is 6.54 Å². The van der Waals surface area contributed by atoms with Gasteiger partial charge in [-0.25, -0.2) is 0 Å². The quantitative estimate of drug-likeness (QED) is 0.772. The van der Waals surface area contributed by atoms with Crippen LogP contribution in [0.25, 0.3) is 0 Å². The van der Waals surface area contributed by atoms with E-state index in [9.17, 15) is 4.79 Å². The molecule has 0 aliphatic heterocycles. The molecule has 0 fully saturated rings. The predicted molar refractivity (Wildman–Crippen MR) is 71.9 cm³/mol. The van der Waals surface area contributed by atoms with Crippen LogP contribution in [0.2, 0.25) is 0 Å². The fraction of sp³-hybridized carbons (Fsp3) is 0.333. The van der Waals surface area contributed by atoms with Crippen molar-refractivity contribution in [1.82, 2.24) is 9.78 Å². The molecule has 1 heterocycles. The second-order valence-corrected chi connectivity index (χ2v) is 4.57. The average molecular weight is 242 g/mol. The molecule has 0 aliphatic rings. The standard InChI is InChI=1S/C15H18N2O/c1-4-15(18)13-8-16-17(9-13)10-14-11(2)6-5-7-12(14)3/h5-9H,4,10H2,1-3H3. The van der Waals surface area contributed by atoms with Gasteiger partial charge in [0.05, 0.1) is 18.3 Å². The fourth-order valence-electron chi connectivity index (χ4n) is 2.06. The summed E-state index contributed by atoms with van der Waals surface area (Å²) in [7, 11) is 0. The Morgan fingerprint density at radius 3 is 2.56 bits per heavy atom. The van der Waals surface area contributed by atoms with Gasteiger partial charge in [-0.2, -0.15) is 5.10 Å². The highest BCUT2D eigenvalue weighted by atomic mass is 16.1. The number of carbonyl (C=O) groups excluding carboxylic acids is 1. The van der Waals surface area contributed by atoms with Gasteiger partial charge >= 0.3 is 0 Å². The van der Waals surface area contributed by atoms with Gasteiger partial charge < -0.3 is 0 Å². The SMILES string of the molecule is CCC(=O)c1cnn(Cc2c(C)cccc2C)c1. The zero-order valence-electron chi connectivity index (χ0n) is 11.1. The van der Waals surface area contributed by atoms with E-state index in [1.807, 2.05) is 17.8 Å². The number of benzene rings is 1. The number of Topliss-reactive ketones (excluding diaryl/α,β-unsaturated/α-hetero) is 1. The van der Waals surface area contributed by atoms with Gasteiger partial charge in [-0.05, 0) is 30.5 Å². The maximum atomic E-state index is 11.6. The molecule has 0 spiro atoms. The summed E-state index contributed by atoms with van der Waals surface area (Å²) in [4.78, 5) is 11.6. The molecule has 0 saturated carbocycles. The van der Waals surface area contributed by atoms with Crippen LogP contribution in [0.5, 0.6) is 0 Å². The molecule has 0 N–H and O–H groups in total. The van der Waals surface area contributed by atoms with Crippen molar-refractivity contribution in [2.24, 2.45) is 0 Å². The summed E-state index contributed by atoms with van der Waals surface area (Å²) >= 11 is 0. The first-order valence-electron chi connectivity index (χ1n) is 6.22. The number of aromatic nitrogens is 2. The van der Waals surface area contributed by atoms with Gasteiger partial charge in [0.1, 0.15) is 0 Å². The molecule has 1 aromatic heterocycles. The summed E-state index contributed by atoms with van der Waals surface area (Å²) in [6, 6.07) is 6.26. The molecule has 0 unspecified atom stereocenters. The second-order valence-electron chi connectivity index (χ2n) is 4.57. The Balaban J connectivity index is 2.24. The molecule has 0 bridgehead atoms. The fourth-order valence-corrected chi connectivity index (χ4v) is 2.06. The van der Waals surface area contributed by atoms with Crippen LogP contribution in [0, 0.1) is 13.8 Å². The lowest BCUT2D eigenvalue weighted by molar-refractivity contribution is 0.0988. The first-order valence-corrected chi connectivity index (χ1v) is 6.22. The van der Waals surface area contributed by atoms with Crippen molar-refractivity contribution < 1.29 is 4.79 Å². The summed E-state index contributed by atoms with van der Waals surface area (Å²) < 4.78 is 1.83. The molecule has 3 heteroatoms. The number of ketones is 1. The summed E-state index contributed by atoms with van der Waals surface area (Å²) in [5.41, 5.74) is 4.49. The minimum atomic E-state index is 0.141. The van der Waals surface area contributed by atoms with E-state index < -0.39 is 0 Å². The van der Waals surface area contributed by atoms with Crippen LogP contribution in [0.1, 0.15) is 40.4 Å². The van der Waals surface area contributed by atoms with Crippen LogP contribution >= 0.6 is 0 Å². The maximum absolute atomic E-state index is 11.6. The van der Waals surface area contributed by atoms with Crippen molar-refractivity contribution in [1.29, 1.82) is 0 Å². The van der Waals surface area contributed by atoms with Gasteiger partial charge in [-0.15, -0.1) is 0 Å². The lowest BCUT2D eigenvalue weighted by Crippen LogP contribution is -2.04. The summed E-state index contributed by atoms with van der Waals surface area (Å²) in [5, 5.41) is 4.26. The molecular weight excluding hydrogens is 224 g/mol. The van der Waals surface area contributed by atoms with Gasteiger partial charge in [-0.1, -0.05) is 25.1 Å². The highest BCUT2D eigenvalue weighted by molar-refractivity contribution is 5.95. The average Bonchev–Trinajstić information content (AvgIpc) is 2.81. The van der Waals surface area contributed by atoms with Crippen molar-refractivity contribution in [3.63, 3.8) is 0 Å². The smallest absolute Gasteiger partial charge is 0.165 e. The Hall–Kier alpha value is -1.90. The number of hydrogen-bond acceptors (Lipinski definition) is 2. The Labute approximate surface area is 107 Å². The topological polar surface area (TPSA) is 34.9 Å². The molecule has 0 saturated heterocycles. The first kappa shape index (κ1) is 12.6. The predicted octanol–water partition coefficient (Wildman–Crippen LogP) is 3.14. The van der Waals surface area contributed by atoms with Gasteiger partial charge in [0.15, 0.2) is 5.78 Å². The van der Waals surface area contributed by atoms with Crippen LogP contribution in [0.4, 0.5) is 0 Å². The molecule has 18 heavy (non-hydrogen) atoms. The zero-order chi connectivity index (χ0) is 13.1. The maximum Gasteiger partial charge on any atom is 0.165 e. The van der Waals surface area contributed by atoms with Gasteiger partial charge in [0.25, 0.3) is 0 Å². The van der Waals surface area contributed by atoms with Crippen molar-refractivity contribution >= 4 is 5.78 Å². The molecule has 94 valence electrons. The van der Waals surface area contributed by atoms with Crippen molar-refractivity contribution in [3.8, 4) is 0 Å². The third-order valence-electron chi connectivity index (χ3n) is 3.24. The highest BCUT2D eigenvalue weighted by Gasteiger charge is 2.08. The molecule has 0 radical (unpaired) electrons. The van der Waals surface area contributed by atoms with Crippen LogP contribution < -0.4 is 0 Å². The second kappa shape index (κ2) is 5.17. The number of rotatable bonds is 4. The molecule has 3 nitrogen and oxygen atoms in total. The lowest BCUT2D eigenvalue weighted by Gasteiger charge is -2.09. The van der Waals surface area contributed by atoms with Gasteiger partial charge in [-0.3, -0.25) is 9.48 Å². The third kappa shape index (κ3) is 2.50. The van der Waals surface area contributed by atoms with Crippen LogP contribution in [0.3, 0.4) is 0 Å². The summed E-state index contributed by atoms with van der Waals surface area (Å²) in [6.45, 7) is 6.79. The van der Waals surface area contributed by atoms with Crippen molar-refractivity contribution in [3.05, 3.63) is 52.8 Å². The lowest BCUT2D eigenvalue weighted by atomic mass is 10.0. The highest BCUT2D eigenvalue weighted by Crippen LogP contribution is 2.15. The van der Waals surface area contributed by atoms with Crippen LogP contribution in [0.15, 0.2) is 30.6 Å². The zero-order valence-corrected chi connectivity index (χ0v) is 11.1. The monoisotopic (exact) mass is 242 g/mol. The molecular formula is C15H18N2O. The molecule has 0 atom stereocenters. The third-order valence-corrected chi connectivity index (χ3v) is 3.24. The number of carbonyl (C=O) groups is 1. The van der Waals surface area contributed by atoms with Crippen LogP contribution in [-0.2, 0) is 6.54 Å². The summed E-state index contributed by atoms with van der Waals surface area (Å²) in [5.74, 6) is 0.141. The minimum Gasteiger partial charge on any atom is -0.294 e. The molecule has 0 aliphatic carbocycles. The molecule has 0 amide bonds. The number of aryl methyl sites for hydroxylation is 2. The van der Waals surface area contributed by atoms with E-state index in [4.69, 9.17) is 0 Å². The Bertz CT molecular complexity index is 549. The largest absolute Gasteiger partial charge is 0.294 e. The first-order chi connectivity index (χ1) is 8.61. The molecule has 2 rings (SSSR count). The van der Waals surface area contributed by atoms with Crippen LogP contribution in [-0.4, -0.2) is 15.6 Å². The van der Waals surface area contributed by atoms with Gasteiger partial charge in [0.2, 0.25) is 0 Å². The van der Waals surface area contributed by atoms with E-state index in [1.54, 1.807) is 6.20 Å². The van der Waals surface area contributed by atoms with E-state index in [0.29, 0.717) is 12.0 Å². The van der Waals surface area contributed by atoms with Gasteiger partial charge in [0, 0.05) is 12.6 Å². The summed E-state index contributed by atoms with van der Waals surface area (Å²) in [6.07, 6.45) is 4.01. The number of hydrogen-bond donors (Lipinski definition) is 0. The molecule has 1 aromatic carbocycles. The minimum absolute atomic E-state index is 0.141. The Morgan fingerprint density at radius 1 is 1.28 bits per heavy atom. The van der Waals surface area contributed by atoms with E-state index in [1.165, 1.54) is 16.7 Å². The Morgan fingerprint density at radius 2 is 1.94 bits per heavy atom. The Kier molecular flexibility index (Phi) is 3.60. The van der Waals surface area contributed by atoms with Crippen molar-refractivity contribution in [2.75, 3.05) is 0 Å². The van der Waals surface area contributed by atoms with E-state index in [-0.39, 0.29) is 5.78 Å². The van der Waals surface area contributed by atoms with Crippen molar-refractivity contribution in [2.45, 2.75) is 33.7 Å². The molecule has 2 aromatic rings.